The molecule has 4 aromatic rings. The summed E-state index contributed by atoms with van der Waals surface area (Å²) in [7, 11) is 5.96. The quantitative estimate of drug-likeness (QED) is 0.143. The van der Waals surface area contributed by atoms with E-state index in [4.69, 9.17) is 37.5 Å². The first-order chi connectivity index (χ1) is 19.3. The van der Waals surface area contributed by atoms with Crippen LogP contribution in [0, 0.1) is 13.8 Å². The molecule has 0 bridgehead atoms. The van der Waals surface area contributed by atoms with Gasteiger partial charge >= 0.3 is 0 Å². The average Bonchev–Trinajstić information content (AvgIpc) is 3.48. The monoisotopic (exact) mass is 827 g/mol. The number of rotatable bonds is 6. The van der Waals surface area contributed by atoms with Gasteiger partial charge in [0.05, 0.1) is 30.0 Å². The maximum absolute atomic E-state index is 12.4. The number of thiophene rings is 2. The van der Waals surface area contributed by atoms with E-state index in [1.165, 1.54) is 45.3 Å². The van der Waals surface area contributed by atoms with Crippen molar-refractivity contribution in [1.82, 2.24) is 5.06 Å². The summed E-state index contributed by atoms with van der Waals surface area (Å²) < 4.78 is 14.3. The van der Waals surface area contributed by atoms with Crippen molar-refractivity contribution in [2.24, 2.45) is 0 Å². The summed E-state index contributed by atoms with van der Waals surface area (Å²) in [5.74, 6) is 0.635. The van der Waals surface area contributed by atoms with E-state index in [-0.39, 0.29) is 11.7 Å². The standard InChI is InChI=1S/C13H10BrClO2S.C8H10ClNO3S.C7H6Br2/c1-7-3-8(5-9(14)4-7)12(16)13-10(17-2)6-11(15)18-13;1-10(13-3)8(11)7-5(12-2)4-6(9)14-7;1-5-2-6(8)4-7(9)3-5/h3-6H,1-2H3;4H,1-3H3;2-4H,1H3. The van der Waals surface area contributed by atoms with E-state index in [9.17, 15) is 9.59 Å². The van der Waals surface area contributed by atoms with Crippen molar-refractivity contribution in [3.05, 3.63) is 97.1 Å². The Balaban J connectivity index is 0.000000228. The first kappa shape index (κ1) is 35.8. The summed E-state index contributed by atoms with van der Waals surface area (Å²) in [5.41, 5.74) is 2.91. The maximum Gasteiger partial charge on any atom is 0.291 e. The third kappa shape index (κ3) is 11.0. The molecule has 0 saturated heterocycles. The number of methoxy groups -OCH3 is 2. The molecule has 0 radical (unpaired) electrons. The zero-order chi connectivity index (χ0) is 30.9. The predicted molar refractivity (Wildman–Crippen MR) is 180 cm³/mol. The van der Waals surface area contributed by atoms with Crippen LogP contribution in [0.4, 0.5) is 0 Å². The van der Waals surface area contributed by atoms with Crippen LogP contribution in [-0.2, 0) is 4.84 Å². The number of amides is 1. The van der Waals surface area contributed by atoms with Crippen LogP contribution in [-0.4, -0.2) is 45.1 Å². The summed E-state index contributed by atoms with van der Waals surface area (Å²) in [5, 5.41) is 1.12. The number of nitrogens with zero attached hydrogens (tertiary/aromatic N) is 1. The molecule has 2 aromatic heterocycles. The molecule has 0 unspecified atom stereocenters. The lowest BCUT2D eigenvalue weighted by atomic mass is 10.1. The molecular formula is C28H26Br3Cl2NO5S2. The number of hydrogen-bond acceptors (Lipinski definition) is 7. The summed E-state index contributed by atoms with van der Waals surface area (Å²) in [6.45, 7) is 4.01. The molecule has 41 heavy (non-hydrogen) atoms. The highest BCUT2D eigenvalue weighted by Gasteiger charge is 2.20. The molecule has 1 amide bonds. The molecule has 0 atom stereocenters. The summed E-state index contributed by atoms with van der Waals surface area (Å²) >= 11 is 24.2. The third-order valence-electron chi connectivity index (χ3n) is 5.05. The van der Waals surface area contributed by atoms with Gasteiger partial charge in [-0.15, -0.1) is 22.7 Å². The van der Waals surface area contributed by atoms with Crippen LogP contribution in [0.5, 0.6) is 11.5 Å². The van der Waals surface area contributed by atoms with E-state index in [1.807, 2.05) is 25.1 Å². The van der Waals surface area contributed by atoms with Gasteiger partial charge in [-0.3, -0.25) is 14.4 Å². The van der Waals surface area contributed by atoms with Crippen LogP contribution in [0.25, 0.3) is 0 Å². The Morgan fingerprint density at radius 1 is 0.707 bits per heavy atom. The van der Waals surface area contributed by atoms with Gasteiger partial charge in [0.25, 0.3) is 5.91 Å². The van der Waals surface area contributed by atoms with E-state index >= 15 is 0 Å². The van der Waals surface area contributed by atoms with Gasteiger partial charge in [0.15, 0.2) is 0 Å². The van der Waals surface area contributed by atoms with Crippen molar-refractivity contribution in [2.75, 3.05) is 28.4 Å². The van der Waals surface area contributed by atoms with Gasteiger partial charge in [-0.1, -0.05) is 71.0 Å². The minimum Gasteiger partial charge on any atom is -0.495 e. The Hall–Kier alpha value is -1.44. The Labute approximate surface area is 282 Å². The van der Waals surface area contributed by atoms with Gasteiger partial charge in [0, 0.05) is 38.2 Å². The van der Waals surface area contributed by atoms with Gasteiger partial charge in [-0.2, -0.15) is 0 Å². The van der Waals surface area contributed by atoms with E-state index in [0.29, 0.717) is 35.5 Å². The molecule has 2 heterocycles. The molecule has 0 spiro atoms. The molecule has 0 N–H and O–H groups in total. The third-order valence-corrected chi connectivity index (χ3v) is 8.90. The first-order valence-corrected chi connectivity index (χ1v) is 16.3. The summed E-state index contributed by atoms with van der Waals surface area (Å²) in [6, 6.07) is 15.0. The van der Waals surface area contributed by atoms with Crippen LogP contribution in [0.1, 0.15) is 36.0 Å². The van der Waals surface area contributed by atoms with Crippen molar-refractivity contribution >= 4 is 105 Å². The topological polar surface area (TPSA) is 65.1 Å². The average molecular weight is 831 g/mol. The minimum atomic E-state index is -0.277. The SMILES string of the molecule is COc1cc(Cl)sc1C(=O)N(C)OC.COc1cc(Cl)sc1C(=O)c1cc(C)cc(Br)c1.Cc1cc(Br)cc(Br)c1. The van der Waals surface area contributed by atoms with Crippen LogP contribution in [0.3, 0.4) is 0 Å². The number of ether oxygens (including phenoxy) is 2. The Morgan fingerprint density at radius 2 is 1.15 bits per heavy atom. The smallest absolute Gasteiger partial charge is 0.291 e. The molecule has 6 nitrogen and oxygen atoms in total. The van der Waals surface area contributed by atoms with Crippen molar-refractivity contribution in [3.8, 4) is 11.5 Å². The fourth-order valence-electron chi connectivity index (χ4n) is 3.22. The number of carbonyl (C=O) groups is 2. The molecule has 0 aliphatic rings. The lowest BCUT2D eigenvalue weighted by molar-refractivity contribution is -0.0755. The molecule has 0 aliphatic carbocycles. The Kier molecular flexibility index (Phi) is 14.8. The summed E-state index contributed by atoms with van der Waals surface area (Å²) in [4.78, 5) is 29.8. The number of halogens is 5. The maximum atomic E-state index is 12.4. The number of benzene rings is 2. The van der Waals surface area contributed by atoms with Crippen LogP contribution in [0.2, 0.25) is 8.67 Å². The van der Waals surface area contributed by atoms with Crippen molar-refractivity contribution < 1.29 is 23.9 Å². The first-order valence-electron chi connectivity index (χ1n) is 11.5. The Morgan fingerprint density at radius 3 is 1.59 bits per heavy atom. The zero-order valence-corrected chi connectivity index (χ0v) is 30.7. The minimum absolute atomic E-state index is 0.0758. The molecule has 220 valence electrons. The molecule has 2 aromatic carbocycles. The molecular weight excluding hydrogens is 805 g/mol. The second-order valence-corrected chi connectivity index (χ2v) is 14.3. The number of ketones is 1. The summed E-state index contributed by atoms with van der Waals surface area (Å²) in [6.07, 6.45) is 0. The van der Waals surface area contributed by atoms with Crippen molar-refractivity contribution in [2.45, 2.75) is 13.8 Å². The number of carbonyl (C=O) groups excluding carboxylic acids is 2. The fourth-order valence-corrected chi connectivity index (χ4v) is 7.64. The van der Waals surface area contributed by atoms with Crippen molar-refractivity contribution in [3.63, 3.8) is 0 Å². The second-order valence-electron chi connectivity index (χ2n) is 8.17. The number of hydrogen-bond donors (Lipinski definition) is 0. The lowest BCUT2D eigenvalue weighted by Crippen LogP contribution is -2.24. The highest BCUT2D eigenvalue weighted by Crippen LogP contribution is 2.35. The van der Waals surface area contributed by atoms with Crippen LogP contribution >= 0.6 is 93.7 Å². The van der Waals surface area contributed by atoms with Crippen LogP contribution < -0.4 is 9.47 Å². The molecule has 0 fully saturated rings. The van der Waals surface area contributed by atoms with Gasteiger partial charge in [-0.25, -0.2) is 5.06 Å². The van der Waals surface area contributed by atoms with Gasteiger partial charge < -0.3 is 9.47 Å². The predicted octanol–water partition coefficient (Wildman–Crippen LogP) is 10.3. The highest BCUT2D eigenvalue weighted by molar-refractivity contribution is 9.11. The van der Waals surface area contributed by atoms with E-state index in [0.717, 1.165) is 35.4 Å². The van der Waals surface area contributed by atoms with Gasteiger partial charge in [0.2, 0.25) is 5.78 Å². The molecule has 0 aliphatic heterocycles. The van der Waals surface area contributed by atoms with E-state index in [1.54, 1.807) is 18.2 Å². The number of hydroxylamine groups is 2. The van der Waals surface area contributed by atoms with Gasteiger partial charge in [-0.05, 0) is 61.4 Å². The van der Waals surface area contributed by atoms with Crippen molar-refractivity contribution in [1.29, 1.82) is 0 Å². The van der Waals surface area contributed by atoms with Gasteiger partial charge in [0.1, 0.15) is 21.3 Å². The zero-order valence-electron chi connectivity index (χ0n) is 22.8. The number of aryl methyl sites for hydroxylation is 2. The molecule has 13 heteroatoms. The Bertz CT molecular complexity index is 1440. The molecule has 0 saturated carbocycles. The largest absolute Gasteiger partial charge is 0.495 e. The molecule has 4 rings (SSSR count). The normalized spacial score (nSPS) is 10.1. The van der Waals surface area contributed by atoms with E-state index < -0.39 is 0 Å². The second kappa shape index (κ2) is 17.0. The fraction of sp³-hybridized carbons (Fsp3) is 0.214. The highest BCUT2D eigenvalue weighted by atomic mass is 79.9. The lowest BCUT2D eigenvalue weighted by Gasteiger charge is -2.12. The van der Waals surface area contributed by atoms with Crippen LogP contribution in [0.15, 0.2) is 61.9 Å². The van der Waals surface area contributed by atoms with E-state index in [2.05, 4.69) is 66.8 Å².